The Morgan fingerprint density at radius 2 is 1.70 bits per heavy atom. The van der Waals surface area contributed by atoms with Crippen LogP contribution < -0.4 is 4.74 Å². The number of hydrogen-bond donors (Lipinski definition) is 0. The van der Waals surface area contributed by atoms with Gasteiger partial charge in [-0.05, 0) is 60.9 Å². The highest BCUT2D eigenvalue weighted by Crippen LogP contribution is 2.37. The predicted molar refractivity (Wildman–Crippen MR) is 114 cm³/mol. The van der Waals surface area contributed by atoms with Crippen LogP contribution in [0.4, 0.5) is 17.1 Å². The van der Waals surface area contributed by atoms with Crippen LogP contribution in [0.1, 0.15) is 16.7 Å². The Balaban J connectivity index is 1.86. The first-order valence-corrected chi connectivity index (χ1v) is 9.14. The first kappa shape index (κ1) is 20.9. The Kier molecular flexibility index (Phi) is 6.08. The normalized spacial score (nSPS) is 10.9. The minimum atomic E-state index is -0.749. The van der Waals surface area contributed by atoms with E-state index in [1.54, 1.807) is 24.4 Å². The largest absolute Gasteiger partial charge is 0.449 e. The third kappa shape index (κ3) is 4.61. The average Bonchev–Trinajstić information content (AvgIpc) is 2.70. The fourth-order valence-electron chi connectivity index (χ4n) is 2.67. The second-order valence-electron chi connectivity index (χ2n) is 6.44. The highest BCUT2D eigenvalue weighted by molar-refractivity contribution is 6.32. The van der Waals surface area contributed by atoms with Crippen molar-refractivity contribution in [2.24, 2.45) is 4.99 Å². The van der Waals surface area contributed by atoms with E-state index in [0.29, 0.717) is 5.56 Å². The number of ether oxygens (including phenoxy) is 1. The summed E-state index contributed by atoms with van der Waals surface area (Å²) in [6.07, 6.45) is 1.66. The molecule has 0 spiro atoms. The standard InChI is InChI=1S/C21H16ClN3O5/c1-13-4-3-5-18(14(13)2)23-12-15-6-8-20(17(22)10-15)30-21-9-7-16(24(26)27)11-19(21)25(28)29/h3-12H,1-2H3. The van der Waals surface area contributed by atoms with Crippen LogP contribution in [0.5, 0.6) is 11.5 Å². The lowest BCUT2D eigenvalue weighted by Gasteiger charge is -2.08. The quantitative estimate of drug-likeness (QED) is 0.261. The van der Waals surface area contributed by atoms with Gasteiger partial charge in [0.05, 0.1) is 26.6 Å². The van der Waals surface area contributed by atoms with Crippen molar-refractivity contribution < 1.29 is 14.6 Å². The highest BCUT2D eigenvalue weighted by Gasteiger charge is 2.21. The van der Waals surface area contributed by atoms with E-state index in [1.807, 2.05) is 32.0 Å². The number of hydrogen-bond acceptors (Lipinski definition) is 6. The summed E-state index contributed by atoms with van der Waals surface area (Å²) in [7, 11) is 0. The van der Waals surface area contributed by atoms with Gasteiger partial charge in [-0.2, -0.15) is 0 Å². The molecule has 0 aliphatic carbocycles. The number of nitrogens with zero attached hydrogens (tertiary/aromatic N) is 3. The van der Waals surface area contributed by atoms with Gasteiger partial charge in [0, 0.05) is 12.3 Å². The third-order valence-electron chi connectivity index (χ3n) is 4.45. The van der Waals surface area contributed by atoms with Crippen molar-refractivity contribution in [3.8, 4) is 11.5 Å². The Morgan fingerprint density at radius 1 is 0.967 bits per heavy atom. The Bertz CT molecular complexity index is 1180. The molecule has 0 radical (unpaired) electrons. The molecule has 0 saturated heterocycles. The molecule has 3 aromatic rings. The lowest BCUT2D eigenvalue weighted by molar-refractivity contribution is -0.394. The molecule has 0 aliphatic rings. The van der Waals surface area contributed by atoms with Crippen LogP contribution >= 0.6 is 11.6 Å². The SMILES string of the molecule is Cc1cccc(N=Cc2ccc(Oc3ccc([N+](=O)[O-])cc3[N+](=O)[O-])c(Cl)c2)c1C. The molecule has 0 amide bonds. The molecule has 9 heteroatoms. The molecule has 152 valence electrons. The van der Waals surface area contributed by atoms with E-state index in [9.17, 15) is 20.2 Å². The molecule has 0 bridgehead atoms. The number of aryl methyl sites for hydroxylation is 1. The highest BCUT2D eigenvalue weighted by atomic mass is 35.5. The number of halogens is 1. The number of non-ortho nitro benzene ring substituents is 1. The summed E-state index contributed by atoms with van der Waals surface area (Å²) in [5.74, 6) is 0.0295. The molecule has 0 atom stereocenters. The molecule has 0 fully saturated rings. The van der Waals surface area contributed by atoms with Gasteiger partial charge in [0.1, 0.15) is 5.75 Å². The van der Waals surface area contributed by atoms with Crippen molar-refractivity contribution in [2.45, 2.75) is 13.8 Å². The molecule has 30 heavy (non-hydrogen) atoms. The van der Waals surface area contributed by atoms with Crippen LogP contribution in [0, 0.1) is 34.1 Å². The summed E-state index contributed by atoms with van der Waals surface area (Å²) >= 11 is 6.27. The zero-order valence-electron chi connectivity index (χ0n) is 16.0. The van der Waals surface area contributed by atoms with E-state index in [-0.39, 0.29) is 16.5 Å². The Morgan fingerprint density at radius 3 is 2.37 bits per heavy atom. The fraction of sp³-hybridized carbons (Fsp3) is 0.0952. The first-order chi connectivity index (χ1) is 14.3. The van der Waals surface area contributed by atoms with E-state index in [1.165, 1.54) is 6.07 Å². The molecule has 8 nitrogen and oxygen atoms in total. The predicted octanol–water partition coefficient (Wildman–Crippen LogP) is 6.32. The van der Waals surface area contributed by atoms with Crippen molar-refractivity contribution >= 4 is 34.9 Å². The van der Waals surface area contributed by atoms with Gasteiger partial charge in [-0.25, -0.2) is 0 Å². The van der Waals surface area contributed by atoms with Crippen LogP contribution in [0.15, 0.2) is 59.6 Å². The molecule has 3 rings (SSSR count). The maximum atomic E-state index is 11.2. The maximum absolute atomic E-state index is 11.2. The maximum Gasteiger partial charge on any atom is 0.318 e. The number of nitro groups is 2. The molecule has 0 heterocycles. The van der Waals surface area contributed by atoms with Crippen LogP contribution in [0.25, 0.3) is 0 Å². The van der Waals surface area contributed by atoms with E-state index in [0.717, 1.165) is 28.9 Å². The van der Waals surface area contributed by atoms with Gasteiger partial charge in [-0.3, -0.25) is 25.2 Å². The number of rotatable bonds is 6. The second-order valence-corrected chi connectivity index (χ2v) is 6.84. The van der Waals surface area contributed by atoms with Gasteiger partial charge >= 0.3 is 5.69 Å². The van der Waals surface area contributed by atoms with Crippen molar-refractivity contribution in [2.75, 3.05) is 0 Å². The molecule has 3 aromatic carbocycles. The van der Waals surface area contributed by atoms with Crippen LogP contribution in [-0.4, -0.2) is 16.1 Å². The Hall–Kier alpha value is -3.78. The lowest BCUT2D eigenvalue weighted by atomic mass is 10.1. The van der Waals surface area contributed by atoms with Gasteiger partial charge < -0.3 is 4.74 Å². The van der Waals surface area contributed by atoms with Gasteiger partial charge in [0.2, 0.25) is 5.75 Å². The zero-order valence-corrected chi connectivity index (χ0v) is 16.8. The van der Waals surface area contributed by atoms with Crippen LogP contribution in [0.2, 0.25) is 5.02 Å². The van der Waals surface area contributed by atoms with Crippen molar-refractivity contribution in [3.05, 3.63) is 96.5 Å². The second kappa shape index (κ2) is 8.71. The van der Waals surface area contributed by atoms with Gasteiger partial charge in [0.15, 0.2) is 0 Å². The van der Waals surface area contributed by atoms with Gasteiger partial charge in [0.25, 0.3) is 5.69 Å². The number of benzene rings is 3. The number of aliphatic imine (C=N–C) groups is 1. The van der Waals surface area contributed by atoms with Crippen molar-refractivity contribution in [1.82, 2.24) is 0 Å². The van der Waals surface area contributed by atoms with E-state index >= 15 is 0 Å². The molecular formula is C21H16ClN3O5. The van der Waals surface area contributed by atoms with Gasteiger partial charge in [-0.15, -0.1) is 0 Å². The van der Waals surface area contributed by atoms with E-state index in [4.69, 9.17) is 16.3 Å². The lowest BCUT2D eigenvalue weighted by Crippen LogP contribution is -1.96. The van der Waals surface area contributed by atoms with Gasteiger partial charge in [-0.1, -0.05) is 23.7 Å². The van der Waals surface area contributed by atoms with Crippen LogP contribution in [-0.2, 0) is 0 Å². The summed E-state index contributed by atoms with van der Waals surface area (Å²) in [4.78, 5) is 25.1. The summed E-state index contributed by atoms with van der Waals surface area (Å²) in [6, 6.07) is 13.8. The summed E-state index contributed by atoms with van der Waals surface area (Å²) in [5, 5.41) is 22.3. The van der Waals surface area contributed by atoms with E-state index < -0.39 is 21.2 Å². The summed E-state index contributed by atoms with van der Waals surface area (Å²) in [5.41, 5.74) is 2.83. The summed E-state index contributed by atoms with van der Waals surface area (Å²) < 4.78 is 5.55. The number of nitro benzene ring substituents is 2. The third-order valence-corrected chi connectivity index (χ3v) is 4.75. The molecule has 0 aromatic heterocycles. The molecule has 0 N–H and O–H groups in total. The Labute approximate surface area is 176 Å². The van der Waals surface area contributed by atoms with Crippen molar-refractivity contribution in [1.29, 1.82) is 0 Å². The minimum absolute atomic E-state index is 0.149. The van der Waals surface area contributed by atoms with Crippen LogP contribution in [0.3, 0.4) is 0 Å². The topological polar surface area (TPSA) is 108 Å². The average molecular weight is 426 g/mol. The first-order valence-electron chi connectivity index (χ1n) is 8.77. The van der Waals surface area contributed by atoms with Crippen molar-refractivity contribution in [3.63, 3.8) is 0 Å². The fourth-order valence-corrected chi connectivity index (χ4v) is 2.89. The monoisotopic (exact) mass is 425 g/mol. The molecule has 0 unspecified atom stereocenters. The smallest absolute Gasteiger partial charge is 0.318 e. The van der Waals surface area contributed by atoms with E-state index in [2.05, 4.69) is 4.99 Å². The molecule has 0 saturated carbocycles. The molecule has 0 aliphatic heterocycles. The summed E-state index contributed by atoms with van der Waals surface area (Å²) in [6.45, 7) is 4.00. The zero-order chi connectivity index (χ0) is 21.8. The minimum Gasteiger partial charge on any atom is -0.449 e. The molecular weight excluding hydrogens is 410 g/mol.